The highest BCUT2D eigenvalue weighted by atomic mass is 16.2. The minimum atomic E-state index is -0.213. The molecule has 1 aliphatic rings. The SMILES string of the molecule is O=C(NCCc1ncn[nH]1)c1cn(C2CCNCC2)nn1. The van der Waals surface area contributed by atoms with Gasteiger partial charge in [0.05, 0.1) is 12.2 Å². The van der Waals surface area contributed by atoms with Crippen molar-refractivity contribution in [2.75, 3.05) is 19.6 Å². The van der Waals surface area contributed by atoms with Crippen LogP contribution in [0.15, 0.2) is 12.5 Å². The predicted molar refractivity (Wildman–Crippen MR) is 73.6 cm³/mol. The van der Waals surface area contributed by atoms with E-state index in [1.54, 1.807) is 10.9 Å². The fourth-order valence-electron chi connectivity index (χ4n) is 2.37. The zero-order valence-electron chi connectivity index (χ0n) is 11.6. The molecule has 112 valence electrons. The number of aromatic amines is 1. The van der Waals surface area contributed by atoms with E-state index in [-0.39, 0.29) is 5.91 Å². The van der Waals surface area contributed by atoms with Crippen LogP contribution in [0.1, 0.15) is 35.2 Å². The van der Waals surface area contributed by atoms with Crippen molar-refractivity contribution in [3.63, 3.8) is 0 Å². The molecular formula is C12H18N8O. The lowest BCUT2D eigenvalue weighted by Gasteiger charge is -2.22. The first-order valence-electron chi connectivity index (χ1n) is 7.08. The number of carbonyl (C=O) groups is 1. The molecule has 0 aromatic carbocycles. The molecule has 9 heteroatoms. The summed E-state index contributed by atoms with van der Waals surface area (Å²) in [6.07, 6.45) is 5.79. The molecule has 3 rings (SSSR count). The van der Waals surface area contributed by atoms with Gasteiger partial charge in [-0.15, -0.1) is 5.10 Å². The molecule has 0 unspecified atom stereocenters. The van der Waals surface area contributed by atoms with Crippen molar-refractivity contribution in [3.05, 3.63) is 24.0 Å². The summed E-state index contributed by atoms with van der Waals surface area (Å²) < 4.78 is 1.80. The molecule has 0 bridgehead atoms. The van der Waals surface area contributed by atoms with Gasteiger partial charge >= 0.3 is 0 Å². The number of H-pyrrole nitrogens is 1. The normalized spacial score (nSPS) is 16.0. The lowest BCUT2D eigenvalue weighted by Crippen LogP contribution is -2.29. The summed E-state index contributed by atoms with van der Waals surface area (Å²) in [7, 11) is 0. The summed E-state index contributed by atoms with van der Waals surface area (Å²) in [6.45, 7) is 2.43. The summed E-state index contributed by atoms with van der Waals surface area (Å²) in [5.41, 5.74) is 0.353. The van der Waals surface area contributed by atoms with Crippen LogP contribution in [-0.2, 0) is 6.42 Å². The average molecular weight is 290 g/mol. The third-order valence-corrected chi connectivity index (χ3v) is 3.54. The summed E-state index contributed by atoms with van der Waals surface area (Å²) in [6, 6.07) is 0.328. The second kappa shape index (κ2) is 6.44. The summed E-state index contributed by atoms with van der Waals surface area (Å²) in [5.74, 6) is 0.531. The zero-order valence-corrected chi connectivity index (χ0v) is 11.6. The monoisotopic (exact) mass is 290 g/mol. The van der Waals surface area contributed by atoms with Gasteiger partial charge in [0.2, 0.25) is 0 Å². The number of rotatable bonds is 5. The van der Waals surface area contributed by atoms with Crippen LogP contribution in [0.3, 0.4) is 0 Å². The smallest absolute Gasteiger partial charge is 0.273 e. The van der Waals surface area contributed by atoms with Gasteiger partial charge in [-0.3, -0.25) is 9.89 Å². The van der Waals surface area contributed by atoms with Gasteiger partial charge in [0.15, 0.2) is 5.69 Å². The van der Waals surface area contributed by atoms with E-state index >= 15 is 0 Å². The van der Waals surface area contributed by atoms with Crippen molar-refractivity contribution < 1.29 is 4.79 Å². The average Bonchev–Trinajstić information content (AvgIpc) is 3.20. The number of nitrogens with one attached hydrogen (secondary N) is 3. The molecule has 3 N–H and O–H groups in total. The molecule has 3 heterocycles. The highest BCUT2D eigenvalue weighted by Crippen LogP contribution is 2.16. The van der Waals surface area contributed by atoms with Gasteiger partial charge in [-0.05, 0) is 25.9 Å². The standard InChI is InChI=1S/C12H18N8O/c21-12(14-6-3-11-15-8-16-18-11)10-7-20(19-17-10)9-1-4-13-5-2-9/h7-9,13H,1-6H2,(H,14,21)(H,15,16,18). The predicted octanol–water partition coefficient (Wildman–Crippen LogP) is -0.707. The first-order chi connectivity index (χ1) is 10.3. The molecule has 0 spiro atoms. The third-order valence-electron chi connectivity index (χ3n) is 3.54. The molecule has 1 amide bonds. The van der Waals surface area contributed by atoms with Gasteiger partial charge in [0, 0.05) is 13.0 Å². The molecule has 2 aromatic heterocycles. The molecule has 0 radical (unpaired) electrons. The van der Waals surface area contributed by atoms with E-state index < -0.39 is 0 Å². The molecule has 21 heavy (non-hydrogen) atoms. The first-order valence-corrected chi connectivity index (χ1v) is 7.08. The number of aromatic nitrogens is 6. The minimum Gasteiger partial charge on any atom is -0.350 e. The largest absolute Gasteiger partial charge is 0.350 e. The molecule has 2 aromatic rings. The molecule has 0 aliphatic carbocycles. The highest BCUT2D eigenvalue weighted by molar-refractivity contribution is 5.91. The van der Waals surface area contributed by atoms with Gasteiger partial charge in [-0.2, -0.15) is 5.10 Å². The quantitative estimate of drug-likeness (QED) is 0.670. The van der Waals surface area contributed by atoms with Gasteiger partial charge < -0.3 is 10.6 Å². The number of hydrogen-bond donors (Lipinski definition) is 3. The Bertz CT molecular complexity index is 572. The Morgan fingerprint density at radius 1 is 1.43 bits per heavy atom. The maximum Gasteiger partial charge on any atom is 0.273 e. The van der Waals surface area contributed by atoms with Crippen molar-refractivity contribution in [3.8, 4) is 0 Å². The van der Waals surface area contributed by atoms with Crippen LogP contribution in [0.2, 0.25) is 0 Å². The lowest BCUT2D eigenvalue weighted by atomic mass is 10.1. The second-order valence-electron chi connectivity index (χ2n) is 5.00. The Kier molecular flexibility index (Phi) is 4.20. The Balaban J connectivity index is 1.51. The van der Waals surface area contributed by atoms with E-state index in [1.165, 1.54) is 6.33 Å². The van der Waals surface area contributed by atoms with E-state index in [2.05, 4.69) is 36.1 Å². The van der Waals surface area contributed by atoms with E-state index in [0.29, 0.717) is 24.7 Å². The highest BCUT2D eigenvalue weighted by Gasteiger charge is 2.18. The van der Waals surface area contributed by atoms with Crippen molar-refractivity contribution in [2.24, 2.45) is 0 Å². The maximum absolute atomic E-state index is 12.0. The fourth-order valence-corrected chi connectivity index (χ4v) is 2.37. The molecule has 1 fully saturated rings. The van der Waals surface area contributed by atoms with Crippen LogP contribution < -0.4 is 10.6 Å². The van der Waals surface area contributed by atoms with Gasteiger partial charge in [0.25, 0.3) is 5.91 Å². The Morgan fingerprint density at radius 2 is 2.29 bits per heavy atom. The third kappa shape index (κ3) is 3.43. The number of piperidine rings is 1. The van der Waals surface area contributed by atoms with Crippen LogP contribution in [0, 0.1) is 0 Å². The van der Waals surface area contributed by atoms with E-state index in [1.807, 2.05) is 0 Å². The molecule has 0 saturated carbocycles. The topological polar surface area (TPSA) is 113 Å². The first kappa shape index (κ1) is 13.7. The van der Waals surface area contributed by atoms with Crippen LogP contribution >= 0.6 is 0 Å². The van der Waals surface area contributed by atoms with E-state index in [0.717, 1.165) is 31.8 Å². The number of carbonyl (C=O) groups excluding carboxylic acids is 1. The number of amides is 1. The molecule has 1 saturated heterocycles. The summed E-state index contributed by atoms with van der Waals surface area (Å²) in [5, 5.41) is 20.6. The van der Waals surface area contributed by atoms with Crippen LogP contribution in [0.5, 0.6) is 0 Å². The Labute approximate surface area is 121 Å². The van der Waals surface area contributed by atoms with Crippen LogP contribution in [0.4, 0.5) is 0 Å². The fraction of sp³-hybridized carbons (Fsp3) is 0.583. The number of hydrogen-bond acceptors (Lipinski definition) is 6. The zero-order chi connectivity index (χ0) is 14.5. The van der Waals surface area contributed by atoms with Crippen LogP contribution in [-0.4, -0.2) is 55.7 Å². The Morgan fingerprint density at radius 3 is 3.05 bits per heavy atom. The Hall–Kier alpha value is -2.29. The van der Waals surface area contributed by atoms with Gasteiger partial charge in [-0.25, -0.2) is 9.67 Å². The van der Waals surface area contributed by atoms with Crippen molar-refractivity contribution in [1.29, 1.82) is 0 Å². The second-order valence-corrected chi connectivity index (χ2v) is 5.00. The van der Waals surface area contributed by atoms with Crippen LogP contribution in [0.25, 0.3) is 0 Å². The van der Waals surface area contributed by atoms with Crippen molar-refractivity contribution in [1.82, 2.24) is 40.8 Å². The molecule has 9 nitrogen and oxygen atoms in total. The summed E-state index contributed by atoms with van der Waals surface area (Å²) in [4.78, 5) is 16.0. The van der Waals surface area contributed by atoms with Gasteiger partial charge in [0.1, 0.15) is 12.2 Å². The van der Waals surface area contributed by atoms with E-state index in [9.17, 15) is 4.79 Å². The molecular weight excluding hydrogens is 272 g/mol. The van der Waals surface area contributed by atoms with E-state index in [4.69, 9.17) is 0 Å². The summed E-state index contributed by atoms with van der Waals surface area (Å²) >= 11 is 0. The molecule has 0 atom stereocenters. The minimum absolute atomic E-state index is 0.213. The van der Waals surface area contributed by atoms with Crippen molar-refractivity contribution in [2.45, 2.75) is 25.3 Å². The lowest BCUT2D eigenvalue weighted by molar-refractivity contribution is 0.0949. The maximum atomic E-state index is 12.0. The number of nitrogens with zero attached hydrogens (tertiary/aromatic N) is 5. The molecule has 1 aliphatic heterocycles. The van der Waals surface area contributed by atoms with Crippen molar-refractivity contribution >= 4 is 5.91 Å². The van der Waals surface area contributed by atoms with Gasteiger partial charge in [-0.1, -0.05) is 5.21 Å².